The molecule has 0 aliphatic rings. The summed E-state index contributed by atoms with van der Waals surface area (Å²) in [5.74, 6) is 0.732. The summed E-state index contributed by atoms with van der Waals surface area (Å²) in [6, 6.07) is 0. The molecule has 104 valence electrons. The SMILES string of the molecule is COCCn1cc(Nc2nc(N)nc3nc[nH]c23)cn1. The lowest BCUT2D eigenvalue weighted by Gasteiger charge is -2.04. The van der Waals surface area contributed by atoms with Crippen molar-refractivity contribution in [1.29, 1.82) is 0 Å². The second kappa shape index (κ2) is 5.13. The number of nitrogens with zero attached hydrogens (tertiary/aromatic N) is 5. The molecule has 3 aromatic rings. The van der Waals surface area contributed by atoms with Crippen molar-refractivity contribution in [3.05, 3.63) is 18.7 Å². The fourth-order valence-corrected chi connectivity index (χ4v) is 1.81. The summed E-state index contributed by atoms with van der Waals surface area (Å²) in [4.78, 5) is 15.2. The number of aromatic amines is 1. The van der Waals surface area contributed by atoms with E-state index in [4.69, 9.17) is 10.5 Å². The highest BCUT2D eigenvalue weighted by atomic mass is 16.5. The van der Waals surface area contributed by atoms with Gasteiger partial charge in [-0.05, 0) is 0 Å². The number of hydrogen-bond donors (Lipinski definition) is 3. The van der Waals surface area contributed by atoms with Crippen LogP contribution in [0.3, 0.4) is 0 Å². The second-order valence-electron chi connectivity index (χ2n) is 4.14. The molecule has 0 atom stereocenters. The third kappa shape index (κ3) is 2.38. The summed E-state index contributed by atoms with van der Waals surface area (Å²) in [7, 11) is 1.65. The highest BCUT2D eigenvalue weighted by Crippen LogP contribution is 2.21. The maximum Gasteiger partial charge on any atom is 0.224 e. The van der Waals surface area contributed by atoms with Crippen LogP contribution in [0.2, 0.25) is 0 Å². The molecule has 0 aromatic carbocycles. The number of nitrogens with two attached hydrogens (primary N) is 1. The van der Waals surface area contributed by atoms with Crippen molar-refractivity contribution in [2.75, 3.05) is 24.8 Å². The van der Waals surface area contributed by atoms with Crippen molar-refractivity contribution in [2.24, 2.45) is 0 Å². The fraction of sp³-hybridized carbons (Fsp3) is 0.273. The number of rotatable bonds is 5. The molecule has 20 heavy (non-hydrogen) atoms. The number of nitrogens with one attached hydrogen (secondary N) is 2. The molecule has 0 amide bonds. The molecule has 3 rings (SSSR count). The van der Waals surface area contributed by atoms with Crippen molar-refractivity contribution in [3.8, 4) is 0 Å². The van der Waals surface area contributed by atoms with Gasteiger partial charge >= 0.3 is 0 Å². The fourth-order valence-electron chi connectivity index (χ4n) is 1.81. The summed E-state index contributed by atoms with van der Waals surface area (Å²) in [6.07, 6.45) is 5.11. The lowest BCUT2D eigenvalue weighted by Crippen LogP contribution is -2.04. The van der Waals surface area contributed by atoms with E-state index < -0.39 is 0 Å². The van der Waals surface area contributed by atoms with Crippen LogP contribution in [0, 0.1) is 0 Å². The molecule has 0 radical (unpaired) electrons. The molecule has 4 N–H and O–H groups in total. The molecular weight excluding hydrogens is 260 g/mol. The predicted octanol–water partition coefficient (Wildman–Crippen LogP) is 0.522. The van der Waals surface area contributed by atoms with Crippen LogP contribution in [0.15, 0.2) is 18.7 Å². The molecule has 0 fully saturated rings. The second-order valence-corrected chi connectivity index (χ2v) is 4.14. The van der Waals surface area contributed by atoms with Gasteiger partial charge in [0.1, 0.15) is 5.52 Å². The lowest BCUT2D eigenvalue weighted by molar-refractivity contribution is 0.183. The summed E-state index contributed by atoms with van der Waals surface area (Å²) in [5.41, 5.74) is 7.67. The standard InChI is InChI=1S/C11H14N8O/c1-20-3-2-19-5-7(4-15-19)16-10-8-9(14-6-13-8)17-11(12)18-10/h4-6H,2-3H2,1H3,(H4,12,13,14,16,17,18). The first-order chi connectivity index (χ1) is 9.76. The minimum absolute atomic E-state index is 0.166. The van der Waals surface area contributed by atoms with Crippen LogP contribution >= 0.6 is 0 Å². The summed E-state index contributed by atoms with van der Waals surface area (Å²) < 4.78 is 6.78. The van der Waals surface area contributed by atoms with Gasteiger partial charge in [0.25, 0.3) is 0 Å². The Bertz CT molecular complexity index is 718. The Morgan fingerprint density at radius 2 is 2.35 bits per heavy atom. The van der Waals surface area contributed by atoms with Crippen LogP contribution in [0.4, 0.5) is 17.5 Å². The van der Waals surface area contributed by atoms with Crippen LogP contribution < -0.4 is 11.1 Å². The zero-order chi connectivity index (χ0) is 13.9. The molecule has 0 aliphatic carbocycles. The maximum atomic E-state index is 5.65. The molecule has 0 bridgehead atoms. The third-order valence-corrected chi connectivity index (χ3v) is 2.72. The number of anilines is 3. The van der Waals surface area contributed by atoms with E-state index in [2.05, 4.69) is 30.4 Å². The molecule has 0 saturated heterocycles. The van der Waals surface area contributed by atoms with Crippen LogP contribution in [0.5, 0.6) is 0 Å². The first kappa shape index (κ1) is 12.4. The first-order valence-corrected chi connectivity index (χ1v) is 6.01. The molecule has 9 nitrogen and oxygen atoms in total. The number of hydrogen-bond acceptors (Lipinski definition) is 7. The smallest absolute Gasteiger partial charge is 0.224 e. The van der Waals surface area contributed by atoms with Gasteiger partial charge in [0.15, 0.2) is 11.5 Å². The number of aromatic nitrogens is 6. The Morgan fingerprint density at radius 1 is 1.45 bits per heavy atom. The predicted molar refractivity (Wildman–Crippen MR) is 73.5 cm³/mol. The van der Waals surface area contributed by atoms with E-state index in [1.54, 1.807) is 24.3 Å². The average molecular weight is 274 g/mol. The molecule has 0 spiro atoms. The molecule has 0 unspecified atom stereocenters. The Morgan fingerprint density at radius 3 is 3.20 bits per heavy atom. The Labute approximate surface area is 114 Å². The largest absolute Gasteiger partial charge is 0.383 e. The van der Waals surface area contributed by atoms with Crippen LogP contribution in [-0.4, -0.2) is 43.4 Å². The molecular formula is C11H14N8O. The van der Waals surface area contributed by atoms with Gasteiger partial charge in [-0.3, -0.25) is 4.68 Å². The van der Waals surface area contributed by atoms with E-state index in [1.165, 1.54) is 0 Å². The maximum absolute atomic E-state index is 5.65. The Kier molecular flexibility index (Phi) is 3.17. The first-order valence-electron chi connectivity index (χ1n) is 6.01. The summed E-state index contributed by atoms with van der Waals surface area (Å²) >= 11 is 0. The third-order valence-electron chi connectivity index (χ3n) is 2.72. The number of ether oxygens (including phenoxy) is 1. The van der Waals surface area contributed by atoms with Gasteiger partial charge in [0.2, 0.25) is 5.95 Å². The summed E-state index contributed by atoms with van der Waals surface area (Å²) in [5, 5.41) is 7.36. The molecule has 0 saturated carbocycles. The van der Waals surface area contributed by atoms with Gasteiger partial charge in [-0.15, -0.1) is 0 Å². The van der Waals surface area contributed by atoms with Gasteiger partial charge in [0, 0.05) is 13.3 Å². The van der Waals surface area contributed by atoms with Crippen molar-refractivity contribution < 1.29 is 4.74 Å². The van der Waals surface area contributed by atoms with Crippen LogP contribution in [-0.2, 0) is 11.3 Å². The lowest BCUT2D eigenvalue weighted by atomic mass is 10.4. The van der Waals surface area contributed by atoms with E-state index >= 15 is 0 Å². The highest BCUT2D eigenvalue weighted by molar-refractivity contribution is 5.85. The number of nitrogen functional groups attached to an aromatic ring is 1. The topological polar surface area (TPSA) is 120 Å². The van der Waals surface area contributed by atoms with Crippen LogP contribution in [0.25, 0.3) is 11.2 Å². The number of fused-ring (bicyclic) bond motifs is 1. The van der Waals surface area contributed by atoms with E-state index in [0.717, 1.165) is 5.69 Å². The van der Waals surface area contributed by atoms with Gasteiger partial charge in [-0.2, -0.15) is 15.1 Å². The normalized spacial score (nSPS) is 11.1. The molecule has 9 heteroatoms. The molecule has 3 heterocycles. The van der Waals surface area contributed by atoms with Gasteiger partial charge in [-0.25, -0.2) is 4.98 Å². The van der Waals surface area contributed by atoms with Crippen molar-refractivity contribution in [3.63, 3.8) is 0 Å². The minimum Gasteiger partial charge on any atom is -0.383 e. The van der Waals surface area contributed by atoms with Gasteiger partial charge in [-0.1, -0.05) is 0 Å². The quantitative estimate of drug-likeness (QED) is 0.620. The van der Waals surface area contributed by atoms with Gasteiger partial charge in [0.05, 0.1) is 31.4 Å². The van der Waals surface area contributed by atoms with Crippen molar-refractivity contribution >= 4 is 28.6 Å². The monoisotopic (exact) mass is 274 g/mol. The van der Waals surface area contributed by atoms with E-state index in [0.29, 0.717) is 30.1 Å². The van der Waals surface area contributed by atoms with Crippen molar-refractivity contribution in [1.82, 2.24) is 29.7 Å². The zero-order valence-electron chi connectivity index (χ0n) is 10.9. The molecule has 3 aromatic heterocycles. The van der Waals surface area contributed by atoms with Crippen LogP contribution in [0.1, 0.15) is 0 Å². The Balaban J connectivity index is 1.85. The Hall–Kier alpha value is -2.68. The van der Waals surface area contributed by atoms with E-state index in [1.807, 2.05) is 6.20 Å². The number of H-pyrrole nitrogens is 1. The zero-order valence-corrected chi connectivity index (χ0v) is 10.9. The van der Waals surface area contributed by atoms with Crippen molar-refractivity contribution in [2.45, 2.75) is 6.54 Å². The molecule has 0 aliphatic heterocycles. The minimum atomic E-state index is 0.166. The number of imidazole rings is 1. The van der Waals surface area contributed by atoms with E-state index in [9.17, 15) is 0 Å². The summed E-state index contributed by atoms with van der Waals surface area (Å²) in [6.45, 7) is 1.29. The van der Waals surface area contributed by atoms with E-state index in [-0.39, 0.29) is 5.95 Å². The number of methoxy groups -OCH3 is 1. The average Bonchev–Trinajstić information content (AvgIpc) is 3.05. The highest BCUT2D eigenvalue weighted by Gasteiger charge is 2.09. The van der Waals surface area contributed by atoms with Gasteiger partial charge < -0.3 is 20.8 Å².